The van der Waals surface area contributed by atoms with Gasteiger partial charge in [0.1, 0.15) is 11.6 Å². The molecule has 3 aromatic carbocycles. The molecular weight excluding hydrogens is 443 g/mol. The van der Waals surface area contributed by atoms with Crippen LogP contribution in [0.5, 0.6) is 11.6 Å². The van der Waals surface area contributed by atoms with Crippen LogP contribution in [0.15, 0.2) is 66.7 Å². The van der Waals surface area contributed by atoms with E-state index in [1.807, 2.05) is 25.1 Å². The Kier molecular flexibility index (Phi) is 6.67. The zero-order valence-electron chi connectivity index (χ0n) is 18.6. The molecule has 1 aromatic heterocycles. The van der Waals surface area contributed by atoms with E-state index in [0.29, 0.717) is 22.6 Å². The zero-order chi connectivity index (χ0) is 24.2. The maximum atomic E-state index is 14.3. The minimum Gasteiger partial charge on any atom is -0.436 e. The summed E-state index contributed by atoms with van der Waals surface area (Å²) in [5.74, 6) is -2.28. The van der Waals surface area contributed by atoms with Crippen LogP contribution in [0.1, 0.15) is 23.2 Å². The zero-order valence-corrected chi connectivity index (χ0v) is 18.6. The van der Waals surface area contributed by atoms with Gasteiger partial charge >= 0.3 is 0 Å². The normalized spacial score (nSPS) is 10.9. The van der Waals surface area contributed by atoms with E-state index in [0.717, 1.165) is 17.7 Å². The van der Waals surface area contributed by atoms with Crippen molar-refractivity contribution in [2.75, 3.05) is 5.32 Å². The van der Waals surface area contributed by atoms with Gasteiger partial charge in [0.25, 0.3) is 0 Å². The number of anilines is 1. The average Bonchev–Trinajstić information content (AvgIpc) is 3.09. The fourth-order valence-electron chi connectivity index (χ4n) is 3.54. The highest BCUT2D eigenvalue weighted by Gasteiger charge is 2.21. The van der Waals surface area contributed by atoms with Gasteiger partial charge in [-0.3, -0.25) is 4.79 Å². The fraction of sp³-hybridized carbons (Fsp3) is 0.154. The molecule has 34 heavy (non-hydrogen) atoms. The number of hydrogen-bond donors (Lipinski definition) is 1. The van der Waals surface area contributed by atoms with Crippen LogP contribution in [0, 0.1) is 31.3 Å². The molecule has 4 rings (SSSR count). The summed E-state index contributed by atoms with van der Waals surface area (Å²) in [5.41, 5.74) is 3.33. The van der Waals surface area contributed by atoms with Gasteiger partial charge in [-0.15, -0.1) is 0 Å². The van der Waals surface area contributed by atoms with Crippen LogP contribution in [0.2, 0.25) is 0 Å². The Morgan fingerprint density at radius 1 is 0.971 bits per heavy atom. The predicted octanol–water partition coefficient (Wildman–Crippen LogP) is 6.27. The third-order valence-electron chi connectivity index (χ3n) is 5.21. The molecule has 0 bridgehead atoms. The number of benzene rings is 3. The van der Waals surface area contributed by atoms with Gasteiger partial charge in [0.15, 0.2) is 11.6 Å². The van der Waals surface area contributed by atoms with E-state index in [1.54, 1.807) is 13.0 Å². The Morgan fingerprint density at radius 2 is 1.71 bits per heavy atom. The summed E-state index contributed by atoms with van der Waals surface area (Å²) in [6.45, 7) is 3.67. The molecule has 4 aromatic rings. The van der Waals surface area contributed by atoms with Crippen LogP contribution < -0.4 is 10.1 Å². The number of ether oxygens (including phenoxy) is 1. The molecule has 1 N–H and O–H groups in total. The van der Waals surface area contributed by atoms with E-state index < -0.39 is 17.5 Å². The third kappa shape index (κ3) is 5.28. The molecule has 0 spiro atoms. The van der Waals surface area contributed by atoms with E-state index in [1.165, 1.54) is 35.0 Å². The molecule has 0 radical (unpaired) electrons. The second-order valence-corrected chi connectivity index (χ2v) is 7.85. The second-order valence-electron chi connectivity index (χ2n) is 7.85. The Labute approximate surface area is 194 Å². The molecule has 174 valence electrons. The minimum atomic E-state index is -0.882. The highest BCUT2D eigenvalue weighted by atomic mass is 19.1. The van der Waals surface area contributed by atoms with Crippen LogP contribution in [0.3, 0.4) is 0 Å². The molecule has 1 amide bonds. The lowest BCUT2D eigenvalue weighted by molar-refractivity contribution is -0.116. The van der Waals surface area contributed by atoms with Gasteiger partial charge in [0, 0.05) is 23.7 Å². The van der Waals surface area contributed by atoms with Crippen molar-refractivity contribution in [3.63, 3.8) is 0 Å². The van der Waals surface area contributed by atoms with Crippen molar-refractivity contribution in [2.45, 2.75) is 26.7 Å². The lowest BCUT2D eigenvalue weighted by atomic mass is 10.1. The molecule has 0 saturated heterocycles. The first-order valence-corrected chi connectivity index (χ1v) is 10.6. The van der Waals surface area contributed by atoms with Gasteiger partial charge in [-0.1, -0.05) is 12.1 Å². The van der Waals surface area contributed by atoms with Gasteiger partial charge in [0.2, 0.25) is 11.8 Å². The maximum Gasteiger partial charge on any atom is 0.226 e. The van der Waals surface area contributed by atoms with Crippen LogP contribution >= 0.6 is 0 Å². The lowest BCUT2D eigenvalue weighted by Gasteiger charge is -2.12. The molecule has 1 heterocycles. The molecule has 0 fully saturated rings. The van der Waals surface area contributed by atoms with Gasteiger partial charge in [0.05, 0.1) is 11.4 Å². The Morgan fingerprint density at radius 3 is 2.41 bits per heavy atom. The highest BCUT2D eigenvalue weighted by molar-refractivity contribution is 5.90. The molecule has 5 nitrogen and oxygen atoms in total. The fourth-order valence-corrected chi connectivity index (χ4v) is 3.54. The molecule has 8 heteroatoms. The molecule has 0 saturated carbocycles. The number of nitrogens with zero attached hydrogens (tertiary/aromatic N) is 2. The summed E-state index contributed by atoms with van der Waals surface area (Å²) in [5, 5.41) is 7.32. The molecule has 0 unspecified atom stereocenters. The van der Waals surface area contributed by atoms with Crippen molar-refractivity contribution in [1.82, 2.24) is 9.78 Å². The number of halogens is 3. The van der Waals surface area contributed by atoms with Crippen molar-refractivity contribution in [2.24, 2.45) is 0 Å². The van der Waals surface area contributed by atoms with Crippen LogP contribution in [0.4, 0.5) is 18.9 Å². The van der Waals surface area contributed by atoms with Crippen LogP contribution in [-0.4, -0.2) is 15.7 Å². The van der Waals surface area contributed by atoms with Gasteiger partial charge in [-0.05, 0) is 74.4 Å². The van der Waals surface area contributed by atoms with Gasteiger partial charge in [-0.2, -0.15) is 5.10 Å². The highest BCUT2D eigenvalue weighted by Crippen LogP contribution is 2.33. The SMILES string of the molecule is Cc1cccc(NC(=O)CCc2c(C)nn(-c3ccc(F)cc3)c2Oc2ccc(F)cc2F)c1. The van der Waals surface area contributed by atoms with E-state index >= 15 is 0 Å². The first-order valence-electron chi connectivity index (χ1n) is 10.6. The predicted molar refractivity (Wildman–Crippen MR) is 123 cm³/mol. The number of hydrogen-bond acceptors (Lipinski definition) is 3. The molecule has 0 aliphatic rings. The van der Waals surface area contributed by atoms with E-state index in [2.05, 4.69) is 10.4 Å². The largest absolute Gasteiger partial charge is 0.436 e. The van der Waals surface area contributed by atoms with Gasteiger partial charge in [-0.25, -0.2) is 17.9 Å². The van der Waals surface area contributed by atoms with Crippen molar-refractivity contribution < 1.29 is 22.7 Å². The van der Waals surface area contributed by atoms with E-state index in [4.69, 9.17) is 4.74 Å². The Hall–Kier alpha value is -4.07. The first kappa shape index (κ1) is 23.1. The standard InChI is InChI=1S/C26H22F3N3O2/c1-16-4-3-5-20(14-16)30-25(33)13-11-22-17(2)31-32(21-9-6-18(27)7-10-21)26(22)34-24-12-8-19(28)15-23(24)29/h3-10,12,14-15H,11,13H2,1-2H3,(H,30,33). The van der Waals surface area contributed by atoms with Crippen molar-refractivity contribution in [3.8, 4) is 17.3 Å². The number of carbonyl (C=O) groups excluding carboxylic acids is 1. The Bertz CT molecular complexity index is 1330. The second kappa shape index (κ2) is 9.82. The van der Waals surface area contributed by atoms with Crippen LogP contribution in [-0.2, 0) is 11.2 Å². The molecular formula is C26H22F3N3O2. The topological polar surface area (TPSA) is 56.2 Å². The van der Waals surface area contributed by atoms with E-state index in [9.17, 15) is 18.0 Å². The lowest BCUT2D eigenvalue weighted by Crippen LogP contribution is -2.12. The minimum absolute atomic E-state index is 0.117. The Balaban J connectivity index is 1.64. The van der Waals surface area contributed by atoms with Crippen molar-refractivity contribution >= 4 is 11.6 Å². The molecule has 0 aliphatic heterocycles. The number of carbonyl (C=O) groups is 1. The smallest absolute Gasteiger partial charge is 0.226 e. The third-order valence-corrected chi connectivity index (χ3v) is 5.21. The summed E-state index contributed by atoms with van der Waals surface area (Å²) in [6, 6.07) is 16.0. The maximum absolute atomic E-state index is 14.3. The summed E-state index contributed by atoms with van der Waals surface area (Å²) < 4.78 is 48.4. The summed E-state index contributed by atoms with van der Waals surface area (Å²) in [4.78, 5) is 12.6. The van der Waals surface area contributed by atoms with Gasteiger partial charge < -0.3 is 10.1 Å². The number of rotatable bonds is 7. The number of aromatic nitrogens is 2. The van der Waals surface area contributed by atoms with Crippen LogP contribution in [0.25, 0.3) is 5.69 Å². The summed E-state index contributed by atoms with van der Waals surface area (Å²) in [7, 11) is 0. The number of nitrogens with one attached hydrogen (secondary N) is 1. The summed E-state index contributed by atoms with van der Waals surface area (Å²) >= 11 is 0. The quantitative estimate of drug-likeness (QED) is 0.350. The number of amides is 1. The van der Waals surface area contributed by atoms with Crippen molar-refractivity contribution in [3.05, 3.63) is 101 Å². The van der Waals surface area contributed by atoms with E-state index in [-0.39, 0.29) is 30.4 Å². The average molecular weight is 465 g/mol. The summed E-state index contributed by atoms with van der Waals surface area (Å²) in [6.07, 6.45) is 0.370. The molecule has 0 atom stereocenters. The number of aryl methyl sites for hydroxylation is 2. The van der Waals surface area contributed by atoms with Crippen molar-refractivity contribution in [1.29, 1.82) is 0 Å². The first-order chi connectivity index (χ1) is 16.3. The monoisotopic (exact) mass is 465 g/mol. The molecule has 0 aliphatic carbocycles.